The van der Waals surface area contributed by atoms with Crippen molar-refractivity contribution in [3.63, 3.8) is 0 Å². The first-order chi connectivity index (χ1) is 9.19. The van der Waals surface area contributed by atoms with Crippen molar-refractivity contribution >= 4 is 5.91 Å². The summed E-state index contributed by atoms with van der Waals surface area (Å²) in [6.45, 7) is 8.17. The van der Waals surface area contributed by atoms with Crippen LogP contribution in [0.1, 0.15) is 46.0 Å². The third-order valence-corrected chi connectivity index (χ3v) is 4.51. The molecule has 0 radical (unpaired) electrons. The van der Waals surface area contributed by atoms with Crippen molar-refractivity contribution in [3.05, 3.63) is 0 Å². The average Bonchev–Trinajstić information content (AvgIpc) is 2.30. The van der Waals surface area contributed by atoms with Crippen molar-refractivity contribution in [2.24, 2.45) is 5.92 Å². The molecule has 19 heavy (non-hydrogen) atoms. The van der Waals surface area contributed by atoms with Crippen LogP contribution in [0.25, 0.3) is 0 Å². The first-order valence-corrected chi connectivity index (χ1v) is 7.93. The van der Waals surface area contributed by atoms with E-state index in [4.69, 9.17) is 0 Å². The molecule has 0 unspecified atom stereocenters. The van der Waals surface area contributed by atoms with Crippen LogP contribution >= 0.6 is 0 Å². The Morgan fingerprint density at radius 2 is 1.95 bits per heavy atom. The summed E-state index contributed by atoms with van der Waals surface area (Å²) in [6.07, 6.45) is 5.95. The minimum absolute atomic E-state index is 0.222. The lowest BCUT2D eigenvalue weighted by Crippen LogP contribution is -2.59. The summed E-state index contributed by atoms with van der Waals surface area (Å²) in [5.41, 5.74) is 0. The minimum atomic E-state index is 0.222. The molecule has 2 rings (SSSR count). The van der Waals surface area contributed by atoms with E-state index < -0.39 is 0 Å². The van der Waals surface area contributed by atoms with Gasteiger partial charge in [-0.1, -0.05) is 13.8 Å². The Balaban J connectivity index is 1.72. The number of nitrogens with zero attached hydrogens (tertiary/aromatic N) is 1. The zero-order valence-corrected chi connectivity index (χ0v) is 12.5. The van der Waals surface area contributed by atoms with Crippen molar-refractivity contribution in [3.8, 4) is 0 Å². The normalized spacial score (nSPS) is 28.2. The van der Waals surface area contributed by atoms with Crippen molar-refractivity contribution in [1.29, 1.82) is 0 Å². The second-order valence-electron chi connectivity index (χ2n) is 6.31. The highest BCUT2D eigenvalue weighted by Crippen LogP contribution is 2.23. The molecule has 1 heterocycles. The highest BCUT2D eigenvalue weighted by atomic mass is 16.2. The number of hydrogen-bond acceptors (Lipinski definition) is 3. The fourth-order valence-corrected chi connectivity index (χ4v) is 3.07. The Kier molecular flexibility index (Phi) is 5.64. The molecule has 0 atom stereocenters. The van der Waals surface area contributed by atoms with E-state index in [-0.39, 0.29) is 5.91 Å². The van der Waals surface area contributed by atoms with Gasteiger partial charge in [-0.2, -0.15) is 0 Å². The summed E-state index contributed by atoms with van der Waals surface area (Å²) in [5.74, 6) is 1.06. The molecule has 0 aromatic carbocycles. The summed E-state index contributed by atoms with van der Waals surface area (Å²) in [6, 6.07) is 0.990. The second-order valence-corrected chi connectivity index (χ2v) is 6.31. The third kappa shape index (κ3) is 4.46. The molecular formula is C15H29N3O. The number of carbonyl (C=O) groups is 1. The largest absolute Gasteiger partial charge is 0.352 e. The highest BCUT2D eigenvalue weighted by molar-refractivity contribution is 5.78. The number of carbonyl (C=O) groups excluding carboxylic acids is 1. The SMILES string of the molecule is CCCN(CC(=O)NC1CCC(C)CC1)C1CNC1. The molecule has 1 aliphatic heterocycles. The smallest absolute Gasteiger partial charge is 0.234 e. The molecular weight excluding hydrogens is 238 g/mol. The summed E-state index contributed by atoms with van der Waals surface area (Å²) in [4.78, 5) is 14.5. The molecule has 1 amide bonds. The number of amides is 1. The molecule has 2 N–H and O–H groups in total. The van der Waals surface area contributed by atoms with Crippen LogP contribution in [0.3, 0.4) is 0 Å². The molecule has 2 aliphatic rings. The summed E-state index contributed by atoms with van der Waals surface area (Å²) in [7, 11) is 0. The number of hydrogen-bond donors (Lipinski definition) is 2. The van der Waals surface area contributed by atoms with Gasteiger partial charge in [-0.25, -0.2) is 0 Å². The molecule has 0 aromatic heterocycles. The molecule has 2 fully saturated rings. The van der Waals surface area contributed by atoms with Gasteiger partial charge >= 0.3 is 0 Å². The molecule has 4 heteroatoms. The van der Waals surface area contributed by atoms with Crippen LogP contribution in [0.4, 0.5) is 0 Å². The van der Waals surface area contributed by atoms with E-state index in [1.165, 1.54) is 12.8 Å². The van der Waals surface area contributed by atoms with Crippen molar-refractivity contribution in [1.82, 2.24) is 15.5 Å². The molecule has 1 saturated heterocycles. The topological polar surface area (TPSA) is 44.4 Å². The monoisotopic (exact) mass is 267 g/mol. The van der Waals surface area contributed by atoms with Crippen LogP contribution in [-0.4, -0.2) is 49.1 Å². The van der Waals surface area contributed by atoms with Gasteiger partial charge in [0.1, 0.15) is 0 Å². The summed E-state index contributed by atoms with van der Waals surface area (Å²) >= 11 is 0. The Morgan fingerprint density at radius 3 is 2.47 bits per heavy atom. The van der Waals surface area contributed by atoms with E-state index in [0.717, 1.165) is 44.8 Å². The maximum Gasteiger partial charge on any atom is 0.234 e. The van der Waals surface area contributed by atoms with Gasteiger partial charge in [0.05, 0.1) is 6.54 Å². The minimum Gasteiger partial charge on any atom is -0.352 e. The van der Waals surface area contributed by atoms with Crippen molar-refractivity contribution < 1.29 is 4.79 Å². The maximum atomic E-state index is 12.1. The lowest BCUT2D eigenvalue weighted by atomic mass is 9.87. The average molecular weight is 267 g/mol. The van der Waals surface area contributed by atoms with Gasteiger partial charge in [0.15, 0.2) is 0 Å². The van der Waals surface area contributed by atoms with Crippen LogP contribution in [0, 0.1) is 5.92 Å². The first kappa shape index (κ1) is 14.8. The van der Waals surface area contributed by atoms with Crippen LogP contribution in [0.15, 0.2) is 0 Å². The molecule has 0 aromatic rings. The quantitative estimate of drug-likeness (QED) is 0.764. The zero-order valence-electron chi connectivity index (χ0n) is 12.5. The van der Waals surface area contributed by atoms with Gasteiger partial charge < -0.3 is 10.6 Å². The van der Waals surface area contributed by atoms with E-state index in [0.29, 0.717) is 18.6 Å². The van der Waals surface area contributed by atoms with Crippen LogP contribution < -0.4 is 10.6 Å². The molecule has 0 spiro atoms. The van der Waals surface area contributed by atoms with Crippen molar-refractivity contribution in [2.45, 2.75) is 58.0 Å². The van der Waals surface area contributed by atoms with E-state index in [2.05, 4.69) is 29.4 Å². The highest BCUT2D eigenvalue weighted by Gasteiger charge is 2.26. The lowest BCUT2D eigenvalue weighted by Gasteiger charge is -2.38. The van der Waals surface area contributed by atoms with Crippen molar-refractivity contribution in [2.75, 3.05) is 26.2 Å². The Labute approximate surface area is 117 Å². The standard InChI is InChI=1S/C15H29N3O/c1-3-8-18(14-9-16-10-14)11-15(19)17-13-6-4-12(2)5-7-13/h12-14,16H,3-11H2,1-2H3,(H,17,19). The van der Waals surface area contributed by atoms with E-state index >= 15 is 0 Å². The maximum absolute atomic E-state index is 12.1. The van der Waals surface area contributed by atoms with Gasteiger partial charge in [-0.05, 0) is 44.6 Å². The lowest BCUT2D eigenvalue weighted by molar-refractivity contribution is -0.124. The summed E-state index contributed by atoms with van der Waals surface area (Å²) in [5, 5.41) is 6.52. The molecule has 1 aliphatic carbocycles. The molecule has 4 nitrogen and oxygen atoms in total. The molecule has 0 bridgehead atoms. The predicted molar refractivity (Wildman–Crippen MR) is 78.1 cm³/mol. The van der Waals surface area contributed by atoms with E-state index in [1.807, 2.05) is 0 Å². The van der Waals surface area contributed by atoms with E-state index in [1.54, 1.807) is 0 Å². The van der Waals surface area contributed by atoms with Crippen LogP contribution in [0.2, 0.25) is 0 Å². The number of nitrogens with one attached hydrogen (secondary N) is 2. The van der Waals surface area contributed by atoms with Crippen LogP contribution in [-0.2, 0) is 4.79 Å². The Hall–Kier alpha value is -0.610. The van der Waals surface area contributed by atoms with Gasteiger partial charge in [0.2, 0.25) is 5.91 Å². The number of rotatable bonds is 6. The Bertz CT molecular complexity index is 283. The van der Waals surface area contributed by atoms with Gasteiger partial charge in [-0.3, -0.25) is 9.69 Å². The van der Waals surface area contributed by atoms with Gasteiger partial charge in [0.25, 0.3) is 0 Å². The fraction of sp³-hybridized carbons (Fsp3) is 0.933. The predicted octanol–water partition coefficient (Wildman–Crippen LogP) is 1.37. The zero-order chi connectivity index (χ0) is 13.7. The van der Waals surface area contributed by atoms with Gasteiger partial charge in [-0.15, -0.1) is 0 Å². The van der Waals surface area contributed by atoms with Gasteiger partial charge in [0, 0.05) is 25.2 Å². The molecule has 110 valence electrons. The first-order valence-electron chi connectivity index (χ1n) is 7.93. The van der Waals surface area contributed by atoms with Crippen LogP contribution in [0.5, 0.6) is 0 Å². The third-order valence-electron chi connectivity index (χ3n) is 4.51. The van der Waals surface area contributed by atoms with E-state index in [9.17, 15) is 4.79 Å². The second kappa shape index (κ2) is 7.25. The Morgan fingerprint density at radius 1 is 1.26 bits per heavy atom. The molecule has 1 saturated carbocycles. The fourth-order valence-electron chi connectivity index (χ4n) is 3.07. The summed E-state index contributed by atoms with van der Waals surface area (Å²) < 4.78 is 0.